The van der Waals surface area contributed by atoms with Gasteiger partial charge in [-0.2, -0.15) is 0 Å². The van der Waals surface area contributed by atoms with Crippen LogP contribution in [0.1, 0.15) is 22.3 Å². The molecule has 0 saturated carbocycles. The lowest BCUT2D eigenvalue weighted by Gasteiger charge is -2.32. The fourth-order valence-corrected chi connectivity index (χ4v) is 13.3. The average molecular weight is 859 g/mol. The lowest BCUT2D eigenvalue weighted by Crippen LogP contribution is -2.26. The molecule has 68 heavy (non-hydrogen) atoms. The lowest BCUT2D eigenvalue weighted by atomic mass is 9.68. The highest BCUT2D eigenvalue weighted by Gasteiger charge is 2.53. The van der Waals surface area contributed by atoms with Crippen molar-refractivity contribution in [2.24, 2.45) is 0 Å². The van der Waals surface area contributed by atoms with Crippen LogP contribution >= 0.6 is 0 Å². The summed E-state index contributed by atoms with van der Waals surface area (Å²) in [6, 6.07) is 86.5. The van der Waals surface area contributed by atoms with E-state index in [9.17, 15) is 0 Å². The molecule has 0 atom stereocenters. The van der Waals surface area contributed by atoms with Crippen LogP contribution in [-0.4, -0.2) is 0 Å². The van der Waals surface area contributed by atoms with Crippen molar-refractivity contribution in [1.82, 2.24) is 0 Å². The zero-order chi connectivity index (χ0) is 44.2. The van der Waals surface area contributed by atoms with Gasteiger partial charge in [0.05, 0.1) is 5.41 Å². The third-order valence-corrected chi connectivity index (χ3v) is 15.8. The van der Waals surface area contributed by atoms with Gasteiger partial charge in [0.2, 0.25) is 0 Å². The van der Waals surface area contributed by atoms with Crippen molar-refractivity contribution in [3.05, 3.63) is 253 Å². The molecule has 0 bridgehead atoms. The van der Waals surface area contributed by atoms with E-state index < -0.39 is 5.41 Å². The molecule has 1 heteroatoms. The van der Waals surface area contributed by atoms with Gasteiger partial charge in [-0.05, 0) is 150 Å². The number of hydrogen-bond donors (Lipinski definition) is 0. The van der Waals surface area contributed by atoms with E-state index in [2.05, 4.69) is 231 Å². The van der Waals surface area contributed by atoms with E-state index in [1.54, 1.807) is 0 Å². The van der Waals surface area contributed by atoms with Gasteiger partial charge in [0.1, 0.15) is 11.2 Å². The molecular formula is C67H38O. The molecule has 2 aliphatic rings. The molecule has 0 aliphatic heterocycles. The molecule has 0 radical (unpaired) electrons. The quantitative estimate of drug-likeness (QED) is 0.125. The van der Waals surface area contributed by atoms with Crippen molar-refractivity contribution in [2.45, 2.75) is 5.41 Å². The van der Waals surface area contributed by atoms with Crippen LogP contribution in [0.3, 0.4) is 0 Å². The summed E-state index contributed by atoms with van der Waals surface area (Å²) in [4.78, 5) is 0. The Hall–Kier alpha value is -8.78. The molecule has 1 heterocycles. The van der Waals surface area contributed by atoms with Crippen molar-refractivity contribution in [1.29, 1.82) is 0 Å². The number of hydrogen-bond acceptors (Lipinski definition) is 1. The molecule has 312 valence electrons. The summed E-state index contributed by atoms with van der Waals surface area (Å²) in [5.74, 6) is 0. The number of benzene rings is 13. The van der Waals surface area contributed by atoms with Crippen LogP contribution in [0.5, 0.6) is 0 Å². The van der Waals surface area contributed by atoms with Crippen LogP contribution in [-0.2, 0) is 5.41 Å². The highest BCUT2D eigenvalue weighted by Crippen LogP contribution is 2.67. The standard InChI is InChI=1S/C67H38O/c1-2-18-41-39(17-1)33-35-54-55-37-40(34-36-60(55)68-66(41)54)61-49-26-8-10-28-51(49)62(52-29-11-9-27-50(52)61)56-38-59-63(47-24-6-4-21-44(47)56)64-48-25-7-3-19-42(48)43-20-5-12-30-53(43)65(64)67(59)57-31-15-13-22-45(57)46-23-14-16-32-58(46)67/h1-38H. The van der Waals surface area contributed by atoms with E-state index in [0.29, 0.717) is 0 Å². The van der Waals surface area contributed by atoms with Gasteiger partial charge >= 0.3 is 0 Å². The highest BCUT2D eigenvalue weighted by molar-refractivity contribution is 6.28. The number of furan rings is 1. The van der Waals surface area contributed by atoms with E-state index >= 15 is 0 Å². The van der Waals surface area contributed by atoms with Gasteiger partial charge < -0.3 is 4.42 Å². The van der Waals surface area contributed by atoms with Crippen LogP contribution in [0.4, 0.5) is 0 Å². The zero-order valence-corrected chi connectivity index (χ0v) is 36.8. The molecule has 2 aliphatic carbocycles. The van der Waals surface area contributed by atoms with Gasteiger partial charge in [-0.25, -0.2) is 0 Å². The molecule has 0 fully saturated rings. The molecule has 1 spiro atoms. The van der Waals surface area contributed by atoms with Crippen molar-refractivity contribution < 1.29 is 4.42 Å². The van der Waals surface area contributed by atoms with Gasteiger partial charge in [-0.1, -0.05) is 206 Å². The van der Waals surface area contributed by atoms with Gasteiger partial charge in [0.25, 0.3) is 0 Å². The first-order valence-electron chi connectivity index (χ1n) is 23.8. The number of rotatable bonds is 2. The summed E-state index contributed by atoms with van der Waals surface area (Å²) in [5, 5.41) is 17.3. The van der Waals surface area contributed by atoms with Crippen molar-refractivity contribution in [3.63, 3.8) is 0 Å². The van der Waals surface area contributed by atoms with E-state index in [-0.39, 0.29) is 0 Å². The Balaban J connectivity index is 1.06. The maximum Gasteiger partial charge on any atom is 0.143 e. The topological polar surface area (TPSA) is 13.1 Å². The third kappa shape index (κ3) is 4.47. The maximum absolute atomic E-state index is 6.64. The molecule has 16 rings (SSSR count). The van der Waals surface area contributed by atoms with E-state index in [1.165, 1.54) is 126 Å². The maximum atomic E-state index is 6.64. The molecule has 0 unspecified atom stereocenters. The largest absolute Gasteiger partial charge is 0.455 e. The summed E-state index contributed by atoms with van der Waals surface area (Å²) in [5.41, 5.74) is 17.0. The Bertz CT molecular complexity index is 4460. The second-order valence-electron chi connectivity index (χ2n) is 18.9. The van der Waals surface area contributed by atoms with E-state index in [1.807, 2.05) is 0 Å². The Morgan fingerprint density at radius 3 is 1.40 bits per heavy atom. The second-order valence-corrected chi connectivity index (χ2v) is 18.9. The normalized spacial score (nSPS) is 13.4. The summed E-state index contributed by atoms with van der Waals surface area (Å²) in [6.07, 6.45) is 0. The van der Waals surface area contributed by atoms with Gasteiger partial charge in [0, 0.05) is 16.2 Å². The smallest absolute Gasteiger partial charge is 0.143 e. The summed E-state index contributed by atoms with van der Waals surface area (Å²) < 4.78 is 6.64. The summed E-state index contributed by atoms with van der Waals surface area (Å²) >= 11 is 0. The fraction of sp³-hybridized carbons (Fsp3) is 0.0149. The summed E-state index contributed by atoms with van der Waals surface area (Å²) in [6.45, 7) is 0. The minimum Gasteiger partial charge on any atom is -0.455 e. The Morgan fingerprint density at radius 2 is 0.750 bits per heavy atom. The third-order valence-electron chi connectivity index (χ3n) is 15.8. The van der Waals surface area contributed by atoms with Crippen LogP contribution in [0.25, 0.3) is 131 Å². The van der Waals surface area contributed by atoms with Crippen LogP contribution < -0.4 is 0 Å². The molecule has 1 aromatic heterocycles. The predicted molar refractivity (Wildman–Crippen MR) is 286 cm³/mol. The fourth-order valence-electron chi connectivity index (χ4n) is 13.3. The van der Waals surface area contributed by atoms with Crippen molar-refractivity contribution in [2.75, 3.05) is 0 Å². The first-order valence-corrected chi connectivity index (χ1v) is 23.8. The number of fused-ring (bicyclic) bond motifs is 24. The molecule has 0 saturated heterocycles. The monoisotopic (exact) mass is 858 g/mol. The SMILES string of the molecule is c1ccc2c(c1)-c1ccccc1C21c2cc(-c3c4ccccc4c(-c4ccc5oc6c7ccccc7ccc6c5c4)c4ccccc34)c3ccccc3c2-c2c1c1ccccc1c1ccccc21. The van der Waals surface area contributed by atoms with E-state index in [4.69, 9.17) is 4.42 Å². The molecule has 13 aromatic carbocycles. The van der Waals surface area contributed by atoms with Crippen LogP contribution in [0, 0.1) is 0 Å². The first-order chi connectivity index (χ1) is 33.8. The zero-order valence-electron chi connectivity index (χ0n) is 36.8. The predicted octanol–water partition coefficient (Wildman–Crippen LogP) is 18.2. The van der Waals surface area contributed by atoms with Crippen LogP contribution in [0.15, 0.2) is 235 Å². The Kier molecular flexibility index (Phi) is 7.07. The minimum absolute atomic E-state index is 0.570. The van der Waals surface area contributed by atoms with Gasteiger partial charge in [-0.3, -0.25) is 0 Å². The van der Waals surface area contributed by atoms with Gasteiger partial charge in [0.15, 0.2) is 0 Å². The summed E-state index contributed by atoms with van der Waals surface area (Å²) in [7, 11) is 0. The van der Waals surface area contributed by atoms with E-state index in [0.717, 1.165) is 27.3 Å². The molecular weight excluding hydrogens is 821 g/mol. The second kappa shape index (κ2) is 13.2. The Labute approximate surface area is 391 Å². The Morgan fingerprint density at radius 1 is 0.265 bits per heavy atom. The van der Waals surface area contributed by atoms with Crippen LogP contribution in [0.2, 0.25) is 0 Å². The lowest BCUT2D eigenvalue weighted by molar-refractivity contribution is 0.672. The highest BCUT2D eigenvalue weighted by atomic mass is 16.3. The molecule has 1 nitrogen and oxygen atoms in total. The molecule has 14 aromatic rings. The van der Waals surface area contributed by atoms with Crippen molar-refractivity contribution in [3.8, 4) is 44.5 Å². The minimum atomic E-state index is -0.570. The molecule has 0 amide bonds. The average Bonchev–Trinajstić information content (AvgIpc) is 4.04. The first kappa shape index (κ1) is 36.4. The van der Waals surface area contributed by atoms with Crippen molar-refractivity contribution >= 4 is 86.6 Å². The molecule has 0 N–H and O–H groups in total. The van der Waals surface area contributed by atoms with Gasteiger partial charge in [-0.15, -0.1) is 0 Å².